The molecule has 0 N–H and O–H groups in total. The lowest BCUT2D eigenvalue weighted by Crippen LogP contribution is -1.93. The molecule has 2 heteroatoms. The van der Waals surface area contributed by atoms with Gasteiger partial charge >= 0.3 is 0 Å². The molecule has 0 spiro atoms. The Morgan fingerprint density at radius 1 is 0.300 bits per heavy atom. The third-order valence-corrected chi connectivity index (χ3v) is 10.5. The maximum atomic E-state index is 7.01. The van der Waals surface area contributed by atoms with E-state index >= 15 is 0 Å². The normalized spacial score (nSPS) is 12.0. The van der Waals surface area contributed by atoms with Gasteiger partial charge in [0.15, 0.2) is 11.2 Å². The molecule has 0 fully saturated rings. The van der Waals surface area contributed by atoms with Crippen molar-refractivity contribution >= 4 is 76.0 Å². The van der Waals surface area contributed by atoms with Crippen molar-refractivity contribution in [3.05, 3.63) is 170 Å². The Balaban J connectivity index is 1.32. The first kappa shape index (κ1) is 27.3. The first-order chi connectivity index (χ1) is 24.8. The second-order valence-electron chi connectivity index (χ2n) is 13.1. The minimum atomic E-state index is 0.769. The zero-order valence-corrected chi connectivity index (χ0v) is 27.0. The van der Waals surface area contributed by atoms with Crippen molar-refractivity contribution in [2.45, 2.75) is 0 Å². The van der Waals surface area contributed by atoms with Gasteiger partial charge in [-0.15, -0.1) is 0 Å². The van der Waals surface area contributed by atoms with E-state index in [0.717, 1.165) is 55.4 Å². The second kappa shape index (κ2) is 10.4. The SMILES string of the molecule is c1ccc(-c2oc3c(ccc4c5ccccc5oc43)c2-c2c3ccccc3c(-c3cc4ccccc4c4ccccc34)c3ccccc23)cc1. The molecule has 0 aliphatic rings. The van der Waals surface area contributed by atoms with Crippen molar-refractivity contribution in [2.75, 3.05) is 0 Å². The summed E-state index contributed by atoms with van der Waals surface area (Å²) in [6.45, 7) is 0. The summed E-state index contributed by atoms with van der Waals surface area (Å²) in [6.07, 6.45) is 0. The molecule has 0 aliphatic heterocycles. The lowest BCUT2D eigenvalue weighted by Gasteiger charge is -2.19. The molecule has 0 aliphatic carbocycles. The number of hydrogen-bond donors (Lipinski definition) is 0. The van der Waals surface area contributed by atoms with Crippen LogP contribution in [0.25, 0.3) is 110 Å². The lowest BCUT2D eigenvalue weighted by atomic mass is 9.83. The van der Waals surface area contributed by atoms with Crippen molar-refractivity contribution < 1.29 is 8.83 Å². The molecule has 11 aromatic rings. The number of rotatable bonds is 3. The van der Waals surface area contributed by atoms with Crippen LogP contribution in [-0.4, -0.2) is 0 Å². The van der Waals surface area contributed by atoms with Crippen LogP contribution in [0.5, 0.6) is 0 Å². The van der Waals surface area contributed by atoms with Crippen molar-refractivity contribution in [3.63, 3.8) is 0 Å². The molecule has 2 heterocycles. The van der Waals surface area contributed by atoms with E-state index in [1.54, 1.807) is 0 Å². The highest BCUT2D eigenvalue weighted by atomic mass is 16.4. The molecule has 11 rings (SSSR count). The highest BCUT2D eigenvalue weighted by Gasteiger charge is 2.26. The molecule has 0 bridgehead atoms. The average Bonchev–Trinajstić information content (AvgIpc) is 3.76. The monoisotopic (exact) mass is 636 g/mol. The van der Waals surface area contributed by atoms with E-state index in [0.29, 0.717) is 0 Å². The van der Waals surface area contributed by atoms with Gasteiger partial charge in [0.05, 0.1) is 0 Å². The van der Waals surface area contributed by atoms with Gasteiger partial charge < -0.3 is 8.83 Å². The number of fused-ring (bicyclic) bond motifs is 10. The van der Waals surface area contributed by atoms with Crippen LogP contribution in [0.3, 0.4) is 0 Å². The fraction of sp³-hybridized carbons (Fsp3) is 0. The Hall–Kier alpha value is -6.64. The smallest absolute Gasteiger partial charge is 0.178 e. The first-order valence-electron chi connectivity index (χ1n) is 17.1. The second-order valence-corrected chi connectivity index (χ2v) is 13.1. The Morgan fingerprint density at radius 2 is 0.820 bits per heavy atom. The van der Waals surface area contributed by atoms with E-state index in [-0.39, 0.29) is 0 Å². The minimum absolute atomic E-state index is 0.769. The van der Waals surface area contributed by atoms with Crippen LogP contribution in [0.2, 0.25) is 0 Å². The molecule has 0 amide bonds. The molecule has 50 heavy (non-hydrogen) atoms. The minimum Gasteiger partial charge on any atom is -0.452 e. The van der Waals surface area contributed by atoms with Gasteiger partial charge in [0.25, 0.3) is 0 Å². The zero-order chi connectivity index (χ0) is 32.8. The summed E-state index contributed by atoms with van der Waals surface area (Å²) in [7, 11) is 0. The molecule has 2 nitrogen and oxygen atoms in total. The van der Waals surface area contributed by atoms with Crippen molar-refractivity contribution in [1.29, 1.82) is 0 Å². The molecular weight excluding hydrogens is 609 g/mol. The Labute approximate surface area is 287 Å². The van der Waals surface area contributed by atoms with Crippen LogP contribution < -0.4 is 0 Å². The maximum absolute atomic E-state index is 7.01. The van der Waals surface area contributed by atoms with Crippen LogP contribution in [-0.2, 0) is 0 Å². The van der Waals surface area contributed by atoms with E-state index < -0.39 is 0 Å². The largest absolute Gasteiger partial charge is 0.452 e. The van der Waals surface area contributed by atoms with Crippen molar-refractivity contribution in [2.24, 2.45) is 0 Å². The fourth-order valence-electron chi connectivity index (χ4n) is 8.33. The summed E-state index contributed by atoms with van der Waals surface area (Å²) < 4.78 is 13.5. The summed E-state index contributed by atoms with van der Waals surface area (Å²) >= 11 is 0. The number of benzene rings is 9. The quantitative estimate of drug-likeness (QED) is 0.142. The predicted octanol–water partition coefficient (Wildman–Crippen LogP) is 13.9. The maximum Gasteiger partial charge on any atom is 0.178 e. The zero-order valence-electron chi connectivity index (χ0n) is 27.0. The van der Waals surface area contributed by atoms with Gasteiger partial charge in [0.1, 0.15) is 11.3 Å². The Morgan fingerprint density at radius 3 is 1.54 bits per heavy atom. The summed E-state index contributed by atoms with van der Waals surface area (Å²) in [5.74, 6) is 0.841. The highest BCUT2D eigenvalue weighted by molar-refractivity contribution is 6.29. The number of furan rings is 2. The Kier molecular flexibility index (Phi) is 5.70. The van der Waals surface area contributed by atoms with Gasteiger partial charge in [-0.25, -0.2) is 0 Å². The molecule has 0 unspecified atom stereocenters. The highest BCUT2D eigenvalue weighted by Crippen LogP contribution is 2.52. The summed E-state index contributed by atoms with van der Waals surface area (Å²) in [5, 5.41) is 13.0. The van der Waals surface area contributed by atoms with E-state index in [1.807, 2.05) is 12.1 Å². The molecule has 0 radical (unpaired) electrons. The van der Waals surface area contributed by atoms with E-state index in [4.69, 9.17) is 8.83 Å². The van der Waals surface area contributed by atoms with Crippen molar-refractivity contribution in [1.82, 2.24) is 0 Å². The average molecular weight is 637 g/mol. The third-order valence-electron chi connectivity index (χ3n) is 10.5. The molecule has 0 saturated carbocycles. The first-order valence-corrected chi connectivity index (χ1v) is 17.1. The van der Waals surface area contributed by atoms with E-state index in [9.17, 15) is 0 Å². The van der Waals surface area contributed by atoms with Crippen molar-refractivity contribution in [3.8, 4) is 33.6 Å². The van der Waals surface area contributed by atoms with Crippen LogP contribution >= 0.6 is 0 Å². The van der Waals surface area contributed by atoms with Gasteiger partial charge in [-0.05, 0) is 78.5 Å². The molecule has 232 valence electrons. The van der Waals surface area contributed by atoms with Gasteiger partial charge in [0, 0.05) is 32.8 Å². The molecule has 2 aromatic heterocycles. The standard InChI is InChI=1S/C48H28O2/c1-2-14-29(15-3-1)46-45(40-27-26-39-34-20-12-13-25-42(34)49-47(39)48(40)50-46)44-37-23-10-8-21-35(37)43(36-22-9-11-24-38(36)44)41-28-30-16-4-5-17-31(30)32-18-6-7-19-33(32)41/h1-28H. The molecule has 0 saturated heterocycles. The van der Waals surface area contributed by atoms with Crippen LogP contribution in [0.4, 0.5) is 0 Å². The van der Waals surface area contributed by atoms with Gasteiger partial charge in [0.2, 0.25) is 0 Å². The van der Waals surface area contributed by atoms with Gasteiger partial charge in [-0.1, -0.05) is 146 Å². The topological polar surface area (TPSA) is 26.3 Å². The summed E-state index contributed by atoms with van der Waals surface area (Å²) in [5.41, 5.74) is 8.16. The van der Waals surface area contributed by atoms with Crippen LogP contribution in [0.15, 0.2) is 179 Å². The molecule has 0 atom stereocenters. The van der Waals surface area contributed by atoms with E-state index in [2.05, 4.69) is 158 Å². The third kappa shape index (κ3) is 3.79. The van der Waals surface area contributed by atoms with Crippen LogP contribution in [0, 0.1) is 0 Å². The Bertz CT molecular complexity index is 3080. The summed E-state index contributed by atoms with van der Waals surface area (Å²) in [6, 6.07) is 60.8. The van der Waals surface area contributed by atoms with Gasteiger partial charge in [-0.2, -0.15) is 0 Å². The van der Waals surface area contributed by atoms with Crippen LogP contribution in [0.1, 0.15) is 0 Å². The van der Waals surface area contributed by atoms with Gasteiger partial charge in [-0.3, -0.25) is 0 Å². The van der Waals surface area contributed by atoms with E-state index in [1.165, 1.54) is 54.2 Å². The molecule has 9 aromatic carbocycles. The summed E-state index contributed by atoms with van der Waals surface area (Å²) in [4.78, 5) is 0. The molecular formula is C48H28O2. The number of para-hydroxylation sites is 1. The predicted molar refractivity (Wildman–Crippen MR) is 210 cm³/mol. The lowest BCUT2D eigenvalue weighted by molar-refractivity contribution is 0.612. The fourth-order valence-corrected chi connectivity index (χ4v) is 8.33. The number of hydrogen-bond acceptors (Lipinski definition) is 2.